The van der Waals surface area contributed by atoms with Gasteiger partial charge in [0.25, 0.3) is 0 Å². The fourth-order valence-corrected chi connectivity index (χ4v) is 3.12. The first-order valence-electron chi connectivity index (χ1n) is 10.3. The molecule has 0 amide bonds. The Kier molecular flexibility index (Phi) is 14.1. The van der Waals surface area contributed by atoms with Gasteiger partial charge in [-0.1, -0.05) is 49.7 Å². The molecule has 0 saturated heterocycles. The van der Waals surface area contributed by atoms with Gasteiger partial charge >= 0.3 is 0 Å². The molecule has 2 aromatic carbocycles. The SMILES string of the molecule is CCCc1ccccc1.CNC.CO.Cc1cc(C)c2c(c1C)OC(C)CC2. The Balaban J connectivity index is 0.000000449. The van der Waals surface area contributed by atoms with Crippen LogP contribution in [0.4, 0.5) is 0 Å². The zero-order valence-corrected chi connectivity index (χ0v) is 19.2. The molecule has 0 spiro atoms. The van der Waals surface area contributed by atoms with Gasteiger partial charge in [0.2, 0.25) is 0 Å². The summed E-state index contributed by atoms with van der Waals surface area (Å²) in [5.41, 5.74) is 6.91. The smallest absolute Gasteiger partial charge is 0.126 e. The molecule has 0 aliphatic carbocycles. The molecule has 1 aliphatic rings. The van der Waals surface area contributed by atoms with Crippen LogP contribution >= 0.6 is 0 Å². The van der Waals surface area contributed by atoms with Gasteiger partial charge in [-0.3, -0.25) is 0 Å². The molecule has 3 rings (SSSR count). The molecule has 1 aliphatic heterocycles. The summed E-state index contributed by atoms with van der Waals surface area (Å²) in [4.78, 5) is 0. The van der Waals surface area contributed by atoms with E-state index in [4.69, 9.17) is 9.84 Å². The maximum absolute atomic E-state index is 7.00. The summed E-state index contributed by atoms with van der Waals surface area (Å²) in [6, 6.07) is 12.8. The number of benzene rings is 2. The molecule has 1 unspecified atom stereocenters. The molecule has 3 nitrogen and oxygen atoms in total. The molecule has 28 heavy (non-hydrogen) atoms. The van der Waals surface area contributed by atoms with Crippen LogP contribution in [0.25, 0.3) is 0 Å². The van der Waals surface area contributed by atoms with Crippen LogP contribution in [0.15, 0.2) is 36.4 Å². The van der Waals surface area contributed by atoms with E-state index in [0.29, 0.717) is 6.10 Å². The van der Waals surface area contributed by atoms with E-state index in [9.17, 15) is 0 Å². The summed E-state index contributed by atoms with van der Waals surface area (Å²) < 4.78 is 5.92. The zero-order chi connectivity index (χ0) is 21.5. The number of fused-ring (bicyclic) bond motifs is 1. The Morgan fingerprint density at radius 1 is 1.04 bits per heavy atom. The van der Waals surface area contributed by atoms with Gasteiger partial charge in [-0.25, -0.2) is 0 Å². The molecule has 2 N–H and O–H groups in total. The minimum absolute atomic E-state index is 0.377. The van der Waals surface area contributed by atoms with Gasteiger partial charge in [0, 0.05) is 7.11 Å². The predicted octanol–water partition coefficient (Wildman–Crippen LogP) is 5.41. The van der Waals surface area contributed by atoms with Crippen LogP contribution in [-0.2, 0) is 12.8 Å². The Bertz CT molecular complexity index is 653. The first kappa shape index (κ1) is 26.2. The monoisotopic (exact) mass is 387 g/mol. The van der Waals surface area contributed by atoms with Gasteiger partial charge in [-0.2, -0.15) is 0 Å². The predicted molar refractivity (Wildman–Crippen MR) is 123 cm³/mol. The molecule has 1 heterocycles. The van der Waals surface area contributed by atoms with Crippen molar-refractivity contribution in [3.63, 3.8) is 0 Å². The highest BCUT2D eigenvalue weighted by atomic mass is 16.5. The van der Waals surface area contributed by atoms with Gasteiger partial charge < -0.3 is 15.2 Å². The van der Waals surface area contributed by atoms with Crippen LogP contribution in [0.5, 0.6) is 5.75 Å². The van der Waals surface area contributed by atoms with E-state index in [0.717, 1.165) is 19.3 Å². The number of aliphatic hydroxyl groups excluding tert-OH is 1. The third-order valence-corrected chi connectivity index (χ3v) is 4.62. The zero-order valence-electron chi connectivity index (χ0n) is 19.2. The molecule has 0 saturated carbocycles. The number of aliphatic hydroxyl groups is 1. The maximum atomic E-state index is 7.00. The highest BCUT2D eigenvalue weighted by Gasteiger charge is 2.20. The van der Waals surface area contributed by atoms with Gasteiger partial charge in [-0.05, 0) is 88.9 Å². The second-order valence-corrected chi connectivity index (χ2v) is 7.15. The maximum Gasteiger partial charge on any atom is 0.126 e. The van der Waals surface area contributed by atoms with Crippen LogP contribution in [0.2, 0.25) is 0 Å². The normalized spacial score (nSPS) is 14.0. The molecule has 158 valence electrons. The summed E-state index contributed by atoms with van der Waals surface area (Å²) in [6.45, 7) is 10.9. The number of rotatable bonds is 2. The molecule has 0 bridgehead atoms. The number of hydrogen-bond acceptors (Lipinski definition) is 3. The average molecular weight is 388 g/mol. The summed E-state index contributed by atoms with van der Waals surface area (Å²) >= 11 is 0. The molecular weight excluding hydrogens is 346 g/mol. The highest BCUT2D eigenvalue weighted by molar-refractivity contribution is 5.50. The second kappa shape index (κ2) is 15.1. The van der Waals surface area contributed by atoms with Crippen molar-refractivity contribution < 1.29 is 9.84 Å². The van der Waals surface area contributed by atoms with Crippen LogP contribution in [-0.4, -0.2) is 32.4 Å². The van der Waals surface area contributed by atoms with E-state index in [-0.39, 0.29) is 0 Å². The topological polar surface area (TPSA) is 41.5 Å². The Labute approximate surface area is 173 Å². The highest BCUT2D eigenvalue weighted by Crippen LogP contribution is 2.35. The summed E-state index contributed by atoms with van der Waals surface area (Å²) in [7, 11) is 4.75. The molecule has 2 aromatic rings. The van der Waals surface area contributed by atoms with Crippen molar-refractivity contribution in [3.8, 4) is 5.75 Å². The first-order valence-corrected chi connectivity index (χ1v) is 10.3. The van der Waals surface area contributed by atoms with Crippen LogP contribution < -0.4 is 10.1 Å². The largest absolute Gasteiger partial charge is 0.490 e. The first-order chi connectivity index (χ1) is 13.4. The number of aryl methyl sites for hydroxylation is 3. The van der Waals surface area contributed by atoms with Gasteiger partial charge in [0.15, 0.2) is 0 Å². The Morgan fingerprint density at radius 3 is 2.14 bits per heavy atom. The van der Waals surface area contributed by atoms with Crippen LogP contribution in [0.3, 0.4) is 0 Å². The van der Waals surface area contributed by atoms with E-state index in [1.165, 1.54) is 47.1 Å². The lowest BCUT2D eigenvalue weighted by atomic mass is 9.93. The van der Waals surface area contributed by atoms with E-state index >= 15 is 0 Å². The Hall–Kier alpha value is -1.84. The van der Waals surface area contributed by atoms with Crippen molar-refractivity contribution in [2.24, 2.45) is 0 Å². The van der Waals surface area contributed by atoms with E-state index < -0.39 is 0 Å². The van der Waals surface area contributed by atoms with Gasteiger partial charge in [0.05, 0.1) is 6.10 Å². The second-order valence-electron chi connectivity index (χ2n) is 7.15. The fraction of sp³-hybridized carbons (Fsp3) is 0.520. The molecule has 0 fully saturated rings. The number of ether oxygens (including phenoxy) is 1. The van der Waals surface area contributed by atoms with Crippen molar-refractivity contribution in [2.75, 3.05) is 21.2 Å². The molecule has 0 aromatic heterocycles. The fourth-order valence-electron chi connectivity index (χ4n) is 3.12. The van der Waals surface area contributed by atoms with E-state index in [2.05, 4.69) is 76.3 Å². The van der Waals surface area contributed by atoms with Crippen molar-refractivity contribution >= 4 is 0 Å². The van der Waals surface area contributed by atoms with Crippen LogP contribution in [0.1, 0.15) is 54.5 Å². The lowest BCUT2D eigenvalue weighted by Crippen LogP contribution is -2.20. The van der Waals surface area contributed by atoms with Gasteiger partial charge in [0.1, 0.15) is 5.75 Å². The lowest BCUT2D eigenvalue weighted by Gasteiger charge is -2.27. The molecular formula is C25H41NO2. The van der Waals surface area contributed by atoms with Crippen molar-refractivity contribution in [1.82, 2.24) is 5.32 Å². The minimum Gasteiger partial charge on any atom is -0.490 e. The van der Waals surface area contributed by atoms with E-state index in [1.807, 2.05) is 14.1 Å². The number of hydrogen-bond donors (Lipinski definition) is 2. The van der Waals surface area contributed by atoms with Crippen LogP contribution in [0, 0.1) is 20.8 Å². The molecule has 1 atom stereocenters. The minimum atomic E-state index is 0.377. The summed E-state index contributed by atoms with van der Waals surface area (Å²) in [6.07, 6.45) is 5.15. The number of nitrogens with one attached hydrogen (secondary N) is 1. The van der Waals surface area contributed by atoms with Crippen molar-refractivity contribution in [1.29, 1.82) is 0 Å². The van der Waals surface area contributed by atoms with Gasteiger partial charge in [-0.15, -0.1) is 0 Å². The van der Waals surface area contributed by atoms with Crippen molar-refractivity contribution in [2.45, 2.75) is 66.4 Å². The summed E-state index contributed by atoms with van der Waals surface area (Å²) in [5, 5.41) is 9.75. The average Bonchev–Trinajstić information content (AvgIpc) is 2.70. The summed E-state index contributed by atoms with van der Waals surface area (Å²) in [5.74, 6) is 1.15. The quantitative estimate of drug-likeness (QED) is 0.724. The Morgan fingerprint density at radius 2 is 1.61 bits per heavy atom. The third-order valence-electron chi connectivity index (χ3n) is 4.62. The third kappa shape index (κ3) is 8.90. The standard InChI is InChI=1S/C13H18O.C9H12.C2H7N.CH4O/c1-8-7-9(2)12-6-5-10(3)14-13(12)11(8)4;1-2-6-9-7-4-3-5-8-9;1-3-2;1-2/h7,10H,5-6H2,1-4H3;3-5,7-8H,2,6H2,1H3;3H,1-2H3;2H,1H3. The van der Waals surface area contributed by atoms with E-state index in [1.54, 1.807) is 0 Å². The molecule has 0 radical (unpaired) electrons. The van der Waals surface area contributed by atoms with Crippen molar-refractivity contribution in [3.05, 3.63) is 64.2 Å². The molecule has 3 heteroatoms. The lowest BCUT2D eigenvalue weighted by molar-refractivity contribution is 0.190.